The minimum Gasteiger partial charge on any atom is -0.358 e. The van der Waals surface area contributed by atoms with Gasteiger partial charge in [0, 0.05) is 6.20 Å². The van der Waals surface area contributed by atoms with Crippen molar-refractivity contribution in [2.45, 2.75) is 25.3 Å². The smallest absolute Gasteiger partial charge is 0.358 e. The first-order chi connectivity index (χ1) is 12.5. The lowest BCUT2D eigenvalue weighted by atomic mass is 10.1. The van der Waals surface area contributed by atoms with Crippen LogP contribution in [0.5, 0.6) is 0 Å². The van der Waals surface area contributed by atoms with Crippen LogP contribution in [0.25, 0.3) is 17.0 Å². The summed E-state index contributed by atoms with van der Waals surface area (Å²) in [7, 11) is 0. The van der Waals surface area contributed by atoms with Crippen LogP contribution >= 0.6 is 11.6 Å². The molecule has 1 atom stereocenters. The first-order valence-electron chi connectivity index (χ1n) is 7.24. The number of nitrogens with zero attached hydrogens (tertiary/aromatic N) is 5. The molecule has 0 amide bonds. The van der Waals surface area contributed by atoms with Crippen LogP contribution in [-0.4, -0.2) is 36.8 Å². The van der Waals surface area contributed by atoms with Gasteiger partial charge in [0.15, 0.2) is 0 Å². The van der Waals surface area contributed by atoms with Crippen molar-refractivity contribution in [3.63, 3.8) is 0 Å². The number of alkyl halides is 6. The molecule has 144 valence electrons. The zero-order chi connectivity index (χ0) is 20.0. The molecule has 0 aliphatic heterocycles. The van der Waals surface area contributed by atoms with Gasteiger partial charge in [-0.1, -0.05) is 11.6 Å². The summed E-state index contributed by atoms with van der Waals surface area (Å²) < 4.78 is 78.9. The van der Waals surface area contributed by atoms with Crippen LogP contribution in [0.15, 0.2) is 24.7 Å². The molecule has 0 unspecified atom stereocenters. The summed E-state index contributed by atoms with van der Waals surface area (Å²) in [5.41, 5.74) is -1.63. The summed E-state index contributed by atoms with van der Waals surface area (Å²) in [6.07, 6.45) is -7.43. The highest BCUT2D eigenvalue weighted by atomic mass is 35.5. The Morgan fingerprint density at radius 2 is 1.85 bits per heavy atom. The molecule has 3 rings (SSSR count). The van der Waals surface area contributed by atoms with Crippen molar-refractivity contribution < 1.29 is 26.3 Å². The molecule has 0 fully saturated rings. The molecule has 0 aromatic carbocycles. The van der Waals surface area contributed by atoms with E-state index >= 15 is 0 Å². The highest BCUT2D eigenvalue weighted by Crippen LogP contribution is 2.37. The fraction of sp³-hybridized carbons (Fsp3) is 0.286. The van der Waals surface area contributed by atoms with E-state index in [1.807, 2.05) is 0 Å². The topological polar surface area (TPSA) is 68.0 Å². The molecule has 6 nitrogen and oxygen atoms in total. The van der Waals surface area contributed by atoms with Crippen LogP contribution in [0.4, 0.5) is 32.2 Å². The van der Waals surface area contributed by atoms with Gasteiger partial charge >= 0.3 is 12.4 Å². The van der Waals surface area contributed by atoms with Crippen molar-refractivity contribution >= 4 is 23.2 Å². The number of nitrogens with one attached hydrogen (secondary N) is 1. The lowest BCUT2D eigenvalue weighted by molar-refractivity contribution is -0.139. The van der Waals surface area contributed by atoms with Crippen molar-refractivity contribution in [3.05, 3.63) is 35.4 Å². The Kier molecular flexibility index (Phi) is 4.62. The van der Waals surface area contributed by atoms with Gasteiger partial charge in [0.1, 0.15) is 23.3 Å². The number of hydrogen-bond donors (Lipinski definition) is 1. The van der Waals surface area contributed by atoms with Crippen molar-refractivity contribution in [1.82, 2.24) is 24.6 Å². The molecule has 0 aliphatic carbocycles. The van der Waals surface area contributed by atoms with E-state index in [0.29, 0.717) is 6.07 Å². The van der Waals surface area contributed by atoms with Crippen LogP contribution < -0.4 is 5.32 Å². The fourth-order valence-electron chi connectivity index (χ4n) is 2.21. The second-order valence-electron chi connectivity index (χ2n) is 5.43. The molecule has 1 N–H and O–H groups in total. The van der Waals surface area contributed by atoms with E-state index in [2.05, 4.69) is 25.4 Å². The largest absolute Gasteiger partial charge is 0.416 e. The van der Waals surface area contributed by atoms with Crippen LogP contribution in [-0.2, 0) is 6.18 Å². The van der Waals surface area contributed by atoms with E-state index in [4.69, 9.17) is 11.6 Å². The zero-order valence-corrected chi connectivity index (χ0v) is 14.0. The third kappa shape index (κ3) is 3.75. The fourth-order valence-corrected chi connectivity index (χ4v) is 2.47. The summed E-state index contributed by atoms with van der Waals surface area (Å²) in [4.78, 5) is 11.4. The van der Waals surface area contributed by atoms with E-state index in [0.717, 1.165) is 30.0 Å². The van der Waals surface area contributed by atoms with Crippen molar-refractivity contribution in [1.29, 1.82) is 0 Å². The third-order valence-corrected chi connectivity index (χ3v) is 3.84. The van der Waals surface area contributed by atoms with E-state index in [9.17, 15) is 26.3 Å². The molecular formula is C14H9ClF6N6. The van der Waals surface area contributed by atoms with Crippen LogP contribution in [0, 0.1) is 0 Å². The maximum Gasteiger partial charge on any atom is 0.416 e. The minimum absolute atomic E-state index is 0.132. The average Bonchev–Trinajstić information content (AvgIpc) is 3.01. The Hall–Kier alpha value is -2.63. The molecule has 0 radical (unpaired) electrons. The minimum atomic E-state index is -4.68. The van der Waals surface area contributed by atoms with Gasteiger partial charge in [0.05, 0.1) is 16.8 Å². The van der Waals surface area contributed by atoms with Gasteiger partial charge < -0.3 is 5.32 Å². The number of anilines is 1. The first kappa shape index (κ1) is 19.1. The van der Waals surface area contributed by atoms with Crippen molar-refractivity contribution in [2.75, 3.05) is 5.32 Å². The van der Waals surface area contributed by atoms with E-state index < -0.39 is 24.0 Å². The summed E-state index contributed by atoms with van der Waals surface area (Å²) in [6, 6.07) is -0.674. The number of halogens is 7. The molecule has 0 spiro atoms. The SMILES string of the molecule is C[C@H](Nc1c(-c2cc(C(F)(F)F)ccn2)c(Cl)nc2ncnn12)C(F)(F)F. The second kappa shape index (κ2) is 6.51. The molecule has 0 saturated carbocycles. The average molecular weight is 411 g/mol. The van der Waals surface area contributed by atoms with Gasteiger partial charge in [-0.2, -0.15) is 45.9 Å². The maximum atomic E-state index is 13.0. The van der Waals surface area contributed by atoms with Crippen LogP contribution in [0.3, 0.4) is 0 Å². The predicted molar refractivity (Wildman–Crippen MR) is 83.2 cm³/mol. The Bertz CT molecular complexity index is 982. The van der Waals surface area contributed by atoms with E-state index in [-0.39, 0.29) is 28.0 Å². The molecule has 0 aliphatic rings. The number of aromatic nitrogens is 5. The Labute approximate surface area is 152 Å². The predicted octanol–water partition coefficient (Wildman–Crippen LogP) is 4.22. The Morgan fingerprint density at radius 3 is 2.48 bits per heavy atom. The van der Waals surface area contributed by atoms with Gasteiger partial charge in [-0.15, -0.1) is 0 Å². The molecule has 3 heterocycles. The van der Waals surface area contributed by atoms with Crippen molar-refractivity contribution in [2.24, 2.45) is 0 Å². The summed E-state index contributed by atoms with van der Waals surface area (Å²) in [5.74, 6) is -0.466. The summed E-state index contributed by atoms with van der Waals surface area (Å²) in [5, 5.41) is 5.55. The number of rotatable bonds is 3. The maximum absolute atomic E-state index is 13.0. The monoisotopic (exact) mass is 410 g/mol. The van der Waals surface area contributed by atoms with Gasteiger partial charge in [0.2, 0.25) is 0 Å². The molecule has 13 heteroatoms. The van der Waals surface area contributed by atoms with E-state index in [1.54, 1.807) is 0 Å². The third-order valence-electron chi connectivity index (χ3n) is 3.57. The quantitative estimate of drug-likeness (QED) is 0.517. The standard InChI is InChI=1S/C14H9ClF6N6/c1-6(13(16,17)18)25-11-9(10(15)26-12-23-5-24-27(11)12)8-4-7(2-3-22-8)14(19,20)21/h2-6,25H,1H3/t6-/m0/s1. The van der Waals surface area contributed by atoms with Gasteiger partial charge in [-0.3, -0.25) is 4.98 Å². The Balaban J connectivity index is 2.23. The highest BCUT2D eigenvalue weighted by Gasteiger charge is 2.37. The molecular weight excluding hydrogens is 402 g/mol. The normalized spacial score (nSPS) is 13.8. The molecule has 0 bridgehead atoms. The molecule has 3 aromatic heterocycles. The molecule has 27 heavy (non-hydrogen) atoms. The van der Waals surface area contributed by atoms with Gasteiger partial charge in [0.25, 0.3) is 5.78 Å². The summed E-state index contributed by atoms with van der Waals surface area (Å²) >= 11 is 6.03. The van der Waals surface area contributed by atoms with E-state index in [1.165, 1.54) is 0 Å². The van der Waals surface area contributed by atoms with Gasteiger partial charge in [-0.05, 0) is 19.1 Å². The summed E-state index contributed by atoms with van der Waals surface area (Å²) in [6.45, 7) is 0.834. The number of hydrogen-bond acceptors (Lipinski definition) is 5. The van der Waals surface area contributed by atoms with Crippen molar-refractivity contribution in [3.8, 4) is 11.3 Å². The van der Waals surface area contributed by atoms with Crippen LogP contribution in [0.1, 0.15) is 12.5 Å². The molecule has 3 aromatic rings. The second-order valence-corrected chi connectivity index (χ2v) is 5.79. The molecule has 0 saturated heterocycles. The lowest BCUT2D eigenvalue weighted by Gasteiger charge is -2.21. The highest BCUT2D eigenvalue weighted by molar-refractivity contribution is 6.32. The first-order valence-corrected chi connectivity index (χ1v) is 7.62. The lowest BCUT2D eigenvalue weighted by Crippen LogP contribution is -2.34. The van der Waals surface area contributed by atoms with Gasteiger partial charge in [-0.25, -0.2) is 0 Å². The van der Waals surface area contributed by atoms with Crippen LogP contribution in [0.2, 0.25) is 5.15 Å². The number of fused-ring (bicyclic) bond motifs is 1. The Morgan fingerprint density at radius 1 is 1.15 bits per heavy atom. The zero-order valence-electron chi connectivity index (χ0n) is 13.3. The number of pyridine rings is 1.